The highest BCUT2D eigenvalue weighted by Gasteiger charge is 2.07. The van der Waals surface area contributed by atoms with E-state index in [1.807, 2.05) is 67.6 Å². The third-order valence-corrected chi connectivity index (χ3v) is 4.85. The fourth-order valence-corrected chi connectivity index (χ4v) is 3.08. The summed E-state index contributed by atoms with van der Waals surface area (Å²) in [4.78, 5) is 12.5. The van der Waals surface area contributed by atoms with Gasteiger partial charge < -0.3 is 14.8 Å². The van der Waals surface area contributed by atoms with Crippen LogP contribution >= 0.6 is 28.1 Å². The zero-order valence-electron chi connectivity index (χ0n) is 16.9. The molecule has 0 atom stereocenters. The number of benzene rings is 3. The Morgan fingerprint density at radius 2 is 1.61 bits per heavy atom. The van der Waals surface area contributed by atoms with E-state index < -0.39 is 0 Å². The Hall–Kier alpha value is -3.10. The first-order chi connectivity index (χ1) is 15.0. The molecule has 8 heteroatoms. The smallest absolute Gasteiger partial charge is 0.269 e. The second-order valence-electron chi connectivity index (χ2n) is 6.43. The molecule has 0 spiro atoms. The lowest BCUT2D eigenvalue weighted by atomic mass is 10.1. The van der Waals surface area contributed by atoms with E-state index in [1.54, 1.807) is 12.1 Å². The number of hydrogen-bond acceptors (Lipinski definition) is 4. The summed E-state index contributed by atoms with van der Waals surface area (Å²) in [6, 6.07) is 22.2. The first-order valence-electron chi connectivity index (χ1n) is 9.61. The van der Waals surface area contributed by atoms with Gasteiger partial charge in [-0.3, -0.25) is 15.6 Å². The predicted molar refractivity (Wildman–Crippen MR) is 129 cm³/mol. The molecule has 0 bridgehead atoms. The molecule has 3 aromatic rings. The number of halogens is 1. The van der Waals surface area contributed by atoms with E-state index in [1.165, 1.54) is 0 Å². The molecule has 0 aliphatic rings. The van der Waals surface area contributed by atoms with Crippen LogP contribution in [0.1, 0.15) is 22.8 Å². The van der Waals surface area contributed by atoms with Crippen molar-refractivity contribution in [3.05, 3.63) is 88.4 Å². The Balaban J connectivity index is 1.48. The maximum atomic E-state index is 12.5. The zero-order valence-corrected chi connectivity index (χ0v) is 19.3. The Kier molecular flexibility index (Phi) is 8.26. The number of anilines is 1. The SMILES string of the molecule is CCOc1ccc(NC(=S)NNC(=O)c2cccc(COc3ccc(Br)cc3)c2)cc1. The molecule has 0 heterocycles. The van der Waals surface area contributed by atoms with Crippen molar-refractivity contribution < 1.29 is 14.3 Å². The monoisotopic (exact) mass is 499 g/mol. The van der Waals surface area contributed by atoms with Gasteiger partial charge in [0.15, 0.2) is 5.11 Å². The van der Waals surface area contributed by atoms with Gasteiger partial charge in [-0.15, -0.1) is 0 Å². The van der Waals surface area contributed by atoms with Crippen LogP contribution in [0.3, 0.4) is 0 Å². The highest BCUT2D eigenvalue weighted by molar-refractivity contribution is 9.10. The second kappa shape index (κ2) is 11.3. The van der Waals surface area contributed by atoms with Gasteiger partial charge in [-0.25, -0.2) is 0 Å². The van der Waals surface area contributed by atoms with E-state index >= 15 is 0 Å². The van der Waals surface area contributed by atoms with Crippen LogP contribution in [0.2, 0.25) is 0 Å². The van der Waals surface area contributed by atoms with Crippen molar-refractivity contribution in [1.82, 2.24) is 10.9 Å². The average molecular weight is 500 g/mol. The fraction of sp³-hybridized carbons (Fsp3) is 0.130. The van der Waals surface area contributed by atoms with Gasteiger partial charge in [0, 0.05) is 15.7 Å². The molecule has 0 aliphatic carbocycles. The number of carbonyl (C=O) groups is 1. The third kappa shape index (κ3) is 7.27. The van der Waals surface area contributed by atoms with Crippen molar-refractivity contribution in [3.63, 3.8) is 0 Å². The summed E-state index contributed by atoms with van der Waals surface area (Å²) in [6.45, 7) is 2.89. The second-order valence-corrected chi connectivity index (χ2v) is 7.76. The van der Waals surface area contributed by atoms with Gasteiger partial charge in [0.25, 0.3) is 5.91 Å². The molecule has 160 valence electrons. The summed E-state index contributed by atoms with van der Waals surface area (Å²) >= 11 is 8.62. The Labute approximate surface area is 195 Å². The van der Waals surface area contributed by atoms with Crippen LogP contribution in [0.15, 0.2) is 77.3 Å². The van der Waals surface area contributed by atoms with Crippen LogP contribution < -0.4 is 25.6 Å². The fourth-order valence-electron chi connectivity index (χ4n) is 2.65. The topological polar surface area (TPSA) is 71.6 Å². The van der Waals surface area contributed by atoms with E-state index in [4.69, 9.17) is 21.7 Å². The number of ether oxygens (including phenoxy) is 2. The minimum atomic E-state index is -0.304. The standard InChI is InChI=1S/C23H22BrN3O3S/c1-2-29-20-12-8-19(9-13-20)25-23(31)27-26-22(28)17-5-3-4-16(14-17)15-30-21-10-6-18(24)7-11-21/h3-14H,2,15H2,1H3,(H,26,28)(H2,25,27,31). The summed E-state index contributed by atoms with van der Waals surface area (Å²) in [5.41, 5.74) is 7.45. The molecule has 31 heavy (non-hydrogen) atoms. The summed E-state index contributed by atoms with van der Waals surface area (Å²) in [6.07, 6.45) is 0. The Morgan fingerprint density at radius 3 is 2.32 bits per heavy atom. The molecule has 0 radical (unpaired) electrons. The minimum absolute atomic E-state index is 0.271. The van der Waals surface area contributed by atoms with Gasteiger partial charge >= 0.3 is 0 Å². The van der Waals surface area contributed by atoms with E-state index in [9.17, 15) is 4.79 Å². The number of hydrazine groups is 1. The van der Waals surface area contributed by atoms with Crippen molar-refractivity contribution in [2.24, 2.45) is 0 Å². The van der Waals surface area contributed by atoms with Gasteiger partial charge in [-0.1, -0.05) is 28.1 Å². The Morgan fingerprint density at radius 1 is 0.935 bits per heavy atom. The number of nitrogens with one attached hydrogen (secondary N) is 3. The number of thiocarbonyl (C=S) groups is 1. The molecule has 0 saturated heterocycles. The predicted octanol–water partition coefficient (Wildman–Crippen LogP) is 5.06. The summed E-state index contributed by atoms with van der Waals surface area (Å²) in [5.74, 6) is 1.23. The third-order valence-electron chi connectivity index (χ3n) is 4.12. The number of amides is 1. The lowest BCUT2D eigenvalue weighted by molar-refractivity contribution is 0.0944. The van der Waals surface area contributed by atoms with Crippen LogP contribution in [-0.2, 0) is 6.61 Å². The van der Waals surface area contributed by atoms with Crippen LogP contribution in [0.4, 0.5) is 5.69 Å². The lowest BCUT2D eigenvalue weighted by Gasteiger charge is -2.13. The zero-order chi connectivity index (χ0) is 22.1. The van der Waals surface area contributed by atoms with E-state index in [2.05, 4.69) is 32.1 Å². The molecule has 0 fully saturated rings. The number of hydrogen-bond donors (Lipinski definition) is 3. The molecule has 6 nitrogen and oxygen atoms in total. The van der Waals surface area contributed by atoms with Crippen LogP contribution in [-0.4, -0.2) is 17.6 Å². The quantitative estimate of drug-likeness (QED) is 0.311. The first-order valence-corrected chi connectivity index (χ1v) is 10.8. The van der Waals surface area contributed by atoms with Crippen LogP contribution in [0.25, 0.3) is 0 Å². The molecule has 3 aromatic carbocycles. The van der Waals surface area contributed by atoms with Gasteiger partial charge in [0.1, 0.15) is 18.1 Å². The van der Waals surface area contributed by atoms with Gasteiger partial charge in [-0.05, 0) is 85.4 Å². The molecule has 1 amide bonds. The van der Waals surface area contributed by atoms with Crippen molar-refractivity contribution in [3.8, 4) is 11.5 Å². The highest BCUT2D eigenvalue weighted by atomic mass is 79.9. The van der Waals surface area contributed by atoms with Gasteiger partial charge in [-0.2, -0.15) is 0 Å². The van der Waals surface area contributed by atoms with Crippen molar-refractivity contribution in [2.45, 2.75) is 13.5 Å². The summed E-state index contributed by atoms with van der Waals surface area (Å²) in [7, 11) is 0. The summed E-state index contributed by atoms with van der Waals surface area (Å²) < 4.78 is 12.2. The van der Waals surface area contributed by atoms with E-state index in [0.29, 0.717) is 18.8 Å². The van der Waals surface area contributed by atoms with Gasteiger partial charge in [0.05, 0.1) is 6.61 Å². The molecular formula is C23H22BrN3O3S. The summed E-state index contributed by atoms with van der Waals surface area (Å²) in [5, 5.41) is 3.27. The maximum Gasteiger partial charge on any atom is 0.269 e. The lowest BCUT2D eigenvalue weighted by Crippen LogP contribution is -2.43. The molecule has 3 rings (SSSR count). The minimum Gasteiger partial charge on any atom is -0.494 e. The van der Waals surface area contributed by atoms with Crippen molar-refractivity contribution in [1.29, 1.82) is 0 Å². The average Bonchev–Trinajstić information content (AvgIpc) is 2.79. The molecule has 0 saturated carbocycles. The normalized spacial score (nSPS) is 10.1. The number of carbonyl (C=O) groups excluding carboxylic acids is 1. The molecule has 0 unspecified atom stereocenters. The first kappa shape index (κ1) is 22.6. The van der Waals surface area contributed by atoms with Crippen molar-refractivity contribution >= 4 is 44.9 Å². The molecule has 0 aromatic heterocycles. The maximum absolute atomic E-state index is 12.5. The largest absolute Gasteiger partial charge is 0.494 e. The van der Waals surface area contributed by atoms with Crippen molar-refractivity contribution in [2.75, 3.05) is 11.9 Å². The number of rotatable bonds is 7. The van der Waals surface area contributed by atoms with Gasteiger partial charge in [0.2, 0.25) is 0 Å². The molecule has 0 aliphatic heterocycles. The molecule has 3 N–H and O–H groups in total. The van der Waals surface area contributed by atoms with E-state index in [0.717, 1.165) is 27.2 Å². The highest BCUT2D eigenvalue weighted by Crippen LogP contribution is 2.18. The molecular weight excluding hydrogens is 478 g/mol. The van der Waals surface area contributed by atoms with Crippen LogP contribution in [0.5, 0.6) is 11.5 Å². The van der Waals surface area contributed by atoms with Crippen LogP contribution in [0, 0.1) is 0 Å². The Bertz CT molecular complexity index is 1030. The van der Waals surface area contributed by atoms with E-state index in [-0.39, 0.29) is 11.0 Å².